The maximum absolute atomic E-state index is 13.2. The molecule has 1 heterocycles. The Bertz CT molecular complexity index is 812. The second-order valence-corrected chi connectivity index (χ2v) is 5.75. The Balaban J connectivity index is 1.79. The molecule has 0 saturated heterocycles. The van der Waals surface area contributed by atoms with E-state index in [2.05, 4.69) is 15.3 Å². The van der Waals surface area contributed by atoms with Gasteiger partial charge in [0, 0.05) is 23.2 Å². The number of benzene rings is 2. The molecule has 0 spiro atoms. The van der Waals surface area contributed by atoms with E-state index in [-0.39, 0.29) is 5.82 Å². The lowest BCUT2D eigenvalue weighted by Gasteiger charge is -2.10. The molecule has 23 heavy (non-hydrogen) atoms. The standard InChI is InChI=1S/C19H16FN3/c20-15-8-6-13(7-9-15)17-12-18(21-16-10-11-16)23-19(22-17)14-4-2-1-3-5-14/h1-9,12,16H,10-11H2,(H,21,22,23). The summed E-state index contributed by atoms with van der Waals surface area (Å²) in [7, 11) is 0. The van der Waals surface area contributed by atoms with E-state index in [1.54, 1.807) is 12.1 Å². The summed E-state index contributed by atoms with van der Waals surface area (Å²) in [5, 5.41) is 3.42. The van der Waals surface area contributed by atoms with Crippen molar-refractivity contribution >= 4 is 5.82 Å². The van der Waals surface area contributed by atoms with Crippen LogP contribution in [0.1, 0.15) is 12.8 Å². The van der Waals surface area contributed by atoms with Gasteiger partial charge in [-0.25, -0.2) is 14.4 Å². The number of anilines is 1. The first-order valence-corrected chi connectivity index (χ1v) is 7.75. The lowest BCUT2D eigenvalue weighted by molar-refractivity contribution is 0.628. The molecule has 1 aliphatic rings. The molecular weight excluding hydrogens is 289 g/mol. The highest BCUT2D eigenvalue weighted by atomic mass is 19.1. The van der Waals surface area contributed by atoms with Gasteiger partial charge in [0.15, 0.2) is 5.82 Å². The third-order valence-electron chi connectivity index (χ3n) is 3.83. The van der Waals surface area contributed by atoms with Gasteiger partial charge in [-0.1, -0.05) is 30.3 Å². The maximum atomic E-state index is 13.2. The topological polar surface area (TPSA) is 37.8 Å². The average molecular weight is 305 g/mol. The fraction of sp³-hybridized carbons (Fsp3) is 0.158. The van der Waals surface area contributed by atoms with Crippen LogP contribution < -0.4 is 5.32 Å². The lowest BCUT2D eigenvalue weighted by atomic mass is 10.1. The fourth-order valence-electron chi connectivity index (χ4n) is 2.44. The maximum Gasteiger partial charge on any atom is 0.162 e. The summed E-state index contributed by atoms with van der Waals surface area (Å²) in [4.78, 5) is 9.29. The Hall–Kier alpha value is -2.75. The van der Waals surface area contributed by atoms with Crippen molar-refractivity contribution in [1.82, 2.24) is 9.97 Å². The average Bonchev–Trinajstić information content (AvgIpc) is 3.40. The van der Waals surface area contributed by atoms with Crippen LogP contribution in [0.2, 0.25) is 0 Å². The summed E-state index contributed by atoms with van der Waals surface area (Å²) in [6.45, 7) is 0. The second kappa shape index (κ2) is 5.80. The first kappa shape index (κ1) is 13.9. The largest absolute Gasteiger partial charge is 0.367 e. The zero-order valence-corrected chi connectivity index (χ0v) is 12.5. The number of hydrogen-bond acceptors (Lipinski definition) is 3. The van der Waals surface area contributed by atoms with E-state index in [4.69, 9.17) is 0 Å². The molecule has 0 bridgehead atoms. The molecule has 1 N–H and O–H groups in total. The Morgan fingerprint density at radius 1 is 0.870 bits per heavy atom. The zero-order chi connectivity index (χ0) is 15.6. The minimum atomic E-state index is -0.248. The summed E-state index contributed by atoms with van der Waals surface area (Å²) in [6.07, 6.45) is 2.35. The quantitative estimate of drug-likeness (QED) is 0.770. The van der Waals surface area contributed by atoms with Crippen molar-refractivity contribution < 1.29 is 4.39 Å². The van der Waals surface area contributed by atoms with Crippen LogP contribution in [0.5, 0.6) is 0 Å². The van der Waals surface area contributed by atoms with Crippen LogP contribution in [-0.2, 0) is 0 Å². The van der Waals surface area contributed by atoms with Gasteiger partial charge in [-0.3, -0.25) is 0 Å². The van der Waals surface area contributed by atoms with Crippen molar-refractivity contribution in [3.63, 3.8) is 0 Å². The predicted octanol–water partition coefficient (Wildman–Crippen LogP) is 4.52. The van der Waals surface area contributed by atoms with E-state index in [1.165, 1.54) is 25.0 Å². The third-order valence-corrected chi connectivity index (χ3v) is 3.83. The highest BCUT2D eigenvalue weighted by molar-refractivity contribution is 5.67. The molecule has 1 aliphatic carbocycles. The predicted molar refractivity (Wildman–Crippen MR) is 89.5 cm³/mol. The molecule has 0 radical (unpaired) electrons. The molecule has 3 aromatic rings. The smallest absolute Gasteiger partial charge is 0.162 e. The third kappa shape index (κ3) is 3.21. The lowest BCUT2D eigenvalue weighted by Crippen LogP contribution is -2.05. The molecular formula is C19H16FN3. The van der Waals surface area contributed by atoms with E-state index < -0.39 is 0 Å². The Kier molecular flexibility index (Phi) is 3.50. The molecule has 1 fully saturated rings. The molecule has 1 saturated carbocycles. The molecule has 4 rings (SSSR count). The van der Waals surface area contributed by atoms with E-state index in [9.17, 15) is 4.39 Å². The number of nitrogens with zero attached hydrogens (tertiary/aromatic N) is 2. The normalized spacial score (nSPS) is 13.8. The molecule has 0 atom stereocenters. The molecule has 3 nitrogen and oxygen atoms in total. The van der Waals surface area contributed by atoms with Crippen LogP contribution in [-0.4, -0.2) is 16.0 Å². The van der Waals surface area contributed by atoms with Gasteiger partial charge in [0.1, 0.15) is 11.6 Å². The highest BCUT2D eigenvalue weighted by Crippen LogP contribution is 2.28. The van der Waals surface area contributed by atoms with E-state index in [1.807, 2.05) is 36.4 Å². The minimum absolute atomic E-state index is 0.248. The van der Waals surface area contributed by atoms with Gasteiger partial charge >= 0.3 is 0 Å². The van der Waals surface area contributed by atoms with E-state index in [0.29, 0.717) is 11.9 Å². The monoisotopic (exact) mass is 305 g/mol. The summed E-state index contributed by atoms with van der Waals surface area (Å²) in [5.74, 6) is 1.25. The number of nitrogens with one attached hydrogen (secondary N) is 1. The van der Waals surface area contributed by atoms with Gasteiger partial charge in [0.2, 0.25) is 0 Å². The van der Waals surface area contributed by atoms with E-state index >= 15 is 0 Å². The van der Waals surface area contributed by atoms with Crippen LogP contribution in [0.25, 0.3) is 22.6 Å². The van der Waals surface area contributed by atoms with Gasteiger partial charge < -0.3 is 5.32 Å². The molecule has 1 aromatic heterocycles. The Labute approximate surface area is 134 Å². The zero-order valence-electron chi connectivity index (χ0n) is 12.5. The van der Waals surface area contributed by atoms with Crippen LogP contribution in [0.15, 0.2) is 60.7 Å². The highest BCUT2D eigenvalue weighted by Gasteiger charge is 2.22. The van der Waals surface area contributed by atoms with Crippen molar-refractivity contribution in [2.45, 2.75) is 18.9 Å². The number of halogens is 1. The van der Waals surface area contributed by atoms with E-state index in [0.717, 1.165) is 22.6 Å². The molecule has 0 aliphatic heterocycles. The Morgan fingerprint density at radius 2 is 1.61 bits per heavy atom. The SMILES string of the molecule is Fc1ccc(-c2cc(NC3CC3)nc(-c3ccccc3)n2)cc1. The molecule has 4 heteroatoms. The van der Waals surface area contributed by atoms with Crippen molar-refractivity contribution in [2.75, 3.05) is 5.32 Å². The van der Waals surface area contributed by atoms with Crippen LogP contribution in [0.4, 0.5) is 10.2 Å². The molecule has 114 valence electrons. The van der Waals surface area contributed by atoms with Crippen LogP contribution in [0, 0.1) is 5.82 Å². The van der Waals surface area contributed by atoms with Gasteiger partial charge in [-0.05, 0) is 37.1 Å². The van der Waals surface area contributed by atoms with Crippen molar-refractivity contribution in [1.29, 1.82) is 0 Å². The van der Waals surface area contributed by atoms with Gasteiger partial charge in [0.25, 0.3) is 0 Å². The van der Waals surface area contributed by atoms with Crippen LogP contribution >= 0.6 is 0 Å². The summed E-state index contributed by atoms with van der Waals surface area (Å²) in [5.41, 5.74) is 2.64. The molecule has 0 unspecified atom stereocenters. The van der Waals surface area contributed by atoms with Gasteiger partial charge in [-0.15, -0.1) is 0 Å². The van der Waals surface area contributed by atoms with Gasteiger partial charge in [0.05, 0.1) is 5.69 Å². The number of rotatable bonds is 4. The fourth-order valence-corrected chi connectivity index (χ4v) is 2.44. The first-order chi connectivity index (χ1) is 11.3. The summed E-state index contributed by atoms with van der Waals surface area (Å²) < 4.78 is 13.2. The van der Waals surface area contributed by atoms with Crippen LogP contribution in [0.3, 0.4) is 0 Å². The second-order valence-electron chi connectivity index (χ2n) is 5.75. The minimum Gasteiger partial charge on any atom is -0.367 e. The Morgan fingerprint density at radius 3 is 2.30 bits per heavy atom. The van der Waals surface area contributed by atoms with Crippen molar-refractivity contribution in [2.24, 2.45) is 0 Å². The first-order valence-electron chi connectivity index (χ1n) is 7.75. The van der Waals surface area contributed by atoms with Crippen molar-refractivity contribution in [3.8, 4) is 22.6 Å². The number of aromatic nitrogens is 2. The summed E-state index contributed by atoms with van der Waals surface area (Å²) >= 11 is 0. The van der Waals surface area contributed by atoms with Gasteiger partial charge in [-0.2, -0.15) is 0 Å². The number of hydrogen-bond donors (Lipinski definition) is 1. The molecule has 2 aromatic carbocycles. The molecule has 0 amide bonds. The van der Waals surface area contributed by atoms with Crippen molar-refractivity contribution in [3.05, 3.63) is 66.5 Å². The summed E-state index contributed by atoms with van der Waals surface area (Å²) in [6, 6.07) is 18.7.